The van der Waals surface area contributed by atoms with E-state index in [4.69, 9.17) is 0 Å². The number of aromatic nitrogens is 1. The molecule has 0 aliphatic carbocycles. The molecular weight excluding hydrogens is 662 g/mol. The molecule has 0 fully saturated rings. The first kappa shape index (κ1) is 45.5. The van der Waals surface area contributed by atoms with Gasteiger partial charge in [-0.1, -0.05) is 85.2 Å². The van der Waals surface area contributed by atoms with Crippen molar-refractivity contribution >= 4 is 29.5 Å². The van der Waals surface area contributed by atoms with Gasteiger partial charge in [0.2, 0.25) is 36.0 Å². The first-order valence-corrected chi connectivity index (χ1v) is 18.4. The molecule has 0 aliphatic rings. The summed E-state index contributed by atoms with van der Waals surface area (Å²) in [6.45, 7) is 17.8. The first-order chi connectivity index (χ1) is 24.5. The minimum Gasteiger partial charge on any atom is -0.355 e. The maximum Gasteiger partial charge on any atom is 0.252 e. The Morgan fingerprint density at radius 3 is 1.92 bits per heavy atom. The second-order valence-electron chi connectivity index (χ2n) is 14.0. The Morgan fingerprint density at radius 2 is 1.42 bits per heavy atom. The molecule has 0 spiro atoms. The van der Waals surface area contributed by atoms with Crippen molar-refractivity contribution in [2.45, 2.75) is 106 Å². The molecule has 0 saturated heterocycles. The van der Waals surface area contributed by atoms with Gasteiger partial charge in [-0.3, -0.25) is 29.2 Å². The molecule has 0 bridgehead atoms. The SMILES string of the molecule is CCNC(=O)C(NC(=O)[C@H](C)NC[C@H](CC(C)C)NC(=O)CN(C)C(=O)C(NC(=O)c1cc[n+](O)cc1)[C@@H](C)CC)C(C)C.CCc1ccccc1. The standard InChI is InChI=1S/C31H53N7O6.C8H10/c1-10-21(7)27(36-29(41)23-12-14-38(44)15-13-23)31(43)37(9)18-25(39)34-24(16-19(3)4)17-33-22(8)28(40)35-26(20(5)6)30(42)32-11-2;1-2-8-6-4-3-5-7-8/h12-15,19-22,24,26-27,33H,10-11,16-18H2,1-9H3,(H4-,32,34,35,36,39,40,41,42,44);3-7H,2H2,1H3/p+1/t21-,22-,24-,26?,27?;/m0./s1. The summed E-state index contributed by atoms with van der Waals surface area (Å²) in [6.07, 6.45) is 5.03. The maximum absolute atomic E-state index is 13.4. The molecule has 13 nitrogen and oxygen atoms in total. The zero-order valence-corrected chi connectivity index (χ0v) is 32.9. The molecule has 52 heavy (non-hydrogen) atoms. The van der Waals surface area contributed by atoms with E-state index in [1.165, 1.54) is 42.0 Å². The van der Waals surface area contributed by atoms with Crippen molar-refractivity contribution in [3.05, 3.63) is 66.0 Å². The van der Waals surface area contributed by atoms with Crippen LogP contribution in [0.4, 0.5) is 0 Å². The van der Waals surface area contributed by atoms with Crippen LogP contribution in [0.2, 0.25) is 0 Å². The van der Waals surface area contributed by atoms with Crippen molar-refractivity contribution in [3.63, 3.8) is 0 Å². The summed E-state index contributed by atoms with van der Waals surface area (Å²) in [5, 5.41) is 23.9. The highest BCUT2D eigenvalue weighted by Gasteiger charge is 2.31. The van der Waals surface area contributed by atoms with E-state index in [0.29, 0.717) is 25.9 Å². The largest absolute Gasteiger partial charge is 0.355 e. The number of carbonyl (C=O) groups excluding carboxylic acids is 5. The van der Waals surface area contributed by atoms with Gasteiger partial charge >= 0.3 is 0 Å². The lowest BCUT2D eigenvalue weighted by Crippen LogP contribution is -2.56. The lowest BCUT2D eigenvalue weighted by Gasteiger charge is -2.29. The Hall–Kier alpha value is -4.52. The highest BCUT2D eigenvalue weighted by molar-refractivity contribution is 5.98. The molecule has 1 aromatic heterocycles. The summed E-state index contributed by atoms with van der Waals surface area (Å²) in [4.78, 5) is 65.7. The molecule has 1 heterocycles. The van der Waals surface area contributed by atoms with Gasteiger partial charge in [0.1, 0.15) is 12.1 Å². The number of carbonyl (C=O) groups is 5. The molecule has 5 atom stereocenters. The van der Waals surface area contributed by atoms with E-state index in [1.807, 2.05) is 54.5 Å². The summed E-state index contributed by atoms with van der Waals surface area (Å²) >= 11 is 0. The van der Waals surface area contributed by atoms with Gasteiger partial charge in [-0.2, -0.15) is 0 Å². The van der Waals surface area contributed by atoms with Gasteiger partial charge in [-0.15, -0.1) is 0 Å². The Bertz CT molecular complexity index is 1390. The molecule has 1 aromatic carbocycles. The van der Waals surface area contributed by atoms with Crippen molar-refractivity contribution < 1.29 is 33.9 Å². The van der Waals surface area contributed by atoms with E-state index in [-0.39, 0.29) is 53.6 Å². The van der Waals surface area contributed by atoms with Crippen LogP contribution in [0.25, 0.3) is 0 Å². The maximum atomic E-state index is 13.4. The van der Waals surface area contributed by atoms with E-state index < -0.39 is 29.9 Å². The van der Waals surface area contributed by atoms with Gasteiger partial charge in [0, 0.05) is 43.0 Å². The van der Waals surface area contributed by atoms with Gasteiger partial charge in [-0.05, 0) is 50.0 Å². The third-order valence-corrected chi connectivity index (χ3v) is 8.63. The minimum atomic E-state index is -0.853. The van der Waals surface area contributed by atoms with Gasteiger partial charge in [-0.25, -0.2) is 0 Å². The van der Waals surface area contributed by atoms with E-state index in [0.717, 1.165) is 11.2 Å². The quantitative estimate of drug-likeness (QED) is 0.0955. The van der Waals surface area contributed by atoms with Crippen molar-refractivity contribution in [1.82, 2.24) is 31.5 Å². The molecule has 2 rings (SSSR count). The summed E-state index contributed by atoms with van der Waals surface area (Å²) in [5.41, 5.74) is 1.69. The lowest BCUT2D eigenvalue weighted by molar-refractivity contribution is -0.904. The van der Waals surface area contributed by atoms with Crippen LogP contribution in [0.1, 0.15) is 91.1 Å². The molecule has 5 amide bonds. The fourth-order valence-corrected chi connectivity index (χ4v) is 5.27. The van der Waals surface area contributed by atoms with Crippen molar-refractivity contribution in [2.75, 3.05) is 26.7 Å². The fourth-order valence-electron chi connectivity index (χ4n) is 5.27. The van der Waals surface area contributed by atoms with Gasteiger partial charge in [0.05, 0.1) is 18.2 Å². The van der Waals surface area contributed by atoms with Crippen LogP contribution in [0.3, 0.4) is 0 Å². The molecule has 13 heteroatoms. The van der Waals surface area contributed by atoms with Gasteiger partial charge < -0.3 is 31.5 Å². The second kappa shape index (κ2) is 23.9. The molecule has 2 unspecified atom stereocenters. The number of amides is 5. The molecule has 0 radical (unpaired) electrons. The number of pyridine rings is 1. The zero-order chi connectivity index (χ0) is 39.4. The highest BCUT2D eigenvalue weighted by Crippen LogP contribution is 2.12. The number of hydrogen-bond donors (Lipinski definition) is 6. The van der Waals surface area contributed by atoms with Crippen LogP contribution < -0.4 is 31.3 Å². The van der Waals surface area contributed by atoms with Crippen LogP contribution in [-0.4, -0.2) is 90.5 Å². The van der Waals surface area contributed by atoms with Crippen molar-refractivity contribution in [1.29, 1.82) is 0 Å². The number of nitrogens with one attached hydrogen (secondary N) is 5. The zero-order valence-electron chi connectivity index (χ0n) is 32.9. The van der Waals surface area contributed by atoms with E-state index in [1.54, 1.807) is 6.92 Å². The van der Waals surface area contributed by atoms with Crippen LogP contribution in [0, 0.1) is 17.8 Å². The third-order valence-electron chi connectivity index (χ3n) is 8.63. The number of benzene rings is 1. The number of aryl methyl sites for hydroxylation is 1. The Kier molecular flexibility index (Phi) is 20.9. The smallest absolute Gasteiger partial charge is 0.252 e. The number of nitrogens with zero attached hydrogens (tertiary/aromatic N) is 2. The Labute approximate surface area is 310 Å². The fraction of sp³-hybridized carbons (Fsp3) is 0.590. The summed E-state index contributed by atoms with van der Waals surface area (Å²) in [6, 6.07) is 10.9. The van der Waals surface area contributed by atoms with Crippen LogP contribution >= 0.6 is 0 Å². The van der Waals surface area contributed by atoms with Crippen molar-refractivity contribution in [2.24, 2.45) is 17.8 Å². The monoisotopic (exact) mass is 726 g/mol. The molecule has 290 valence electrons. The number of likely N-dealkylation sites (N-methyl/N-ethyl adjacent to an activating group) is 2. The van der Waals surface area contributed by atoms with E-state index in [9.17, 15) is 29.2 Å². The number of hydrogen-bond acceptors (Lipinski definition) is 7. The minimum absolute atomic E-state index is 0.0921. The third kappa shape index (κ3) is 16.7. The summed E-state index contributed by atoms with van der Waals surface area (Å²) in [5.74, 6) is -1.83. The predicted octanol–water partition coefficient (Wildman–Crippen LogP) is 2.85. The lowest BCUT2D eigenvalue weighted by atomic mass is 9.97. The molecule has 6 N–H and O–H groups in total. The van der Waals surface area contributed by atoms with E-state index >= 15 is 0 Å². The Balaban J connectivity index is 0.00000148. The summed E-state index contributed by atoms with van der Waals surface area (Å²) in [7, 11) is 1.52. The van der Waals surface area contributed by atoms with E-state index in [2.05, 4.69) is 57.8 Å². The Morgan fingerprint density at radius 1 is 0.808 bits per heavy atom. The van der Waals surface area contributed by atoms with Crippen LogP contribution in [0.5, 0.6) is 0 Å². The van der Waals surface area contributed by atoms with Crippen LogP contribution in [-0.2, 0) is 25.6 Å². The van der Waals surface area contributed by atoms with Gasteiger partial charge in [0.25, 0.3) is 5.91 Å². The average Bonchev–Trinajstić information content (AvgIpc) is 3.11. The topological polar surface area (TPSA) is 173 Å². The molecule has 0 saturated carbocycles. The molecule has 2 aromatic rings. The molecule has 0 aliphatic heterocycles. The summed E-state index contributed by atoms with van der Waals surface area (Å²) < 4.78 is 0.814. The van der Waals surface area contributed by atoms with Gasteiger partial charge in [0.15, 0.2) is 0 Å². The average molecular weight is 727 g/mol. The predicted molar refractivity (Wildman–Crippen MR) is 202 cm³/mol. The normalized spacial score (nSPS) is 13.8. The first-order valence-electron chi connectivity index (χ1n) is 18.4. The number of rotatable bonds is 19. The van der Waals surface area contributed by atoms with Crippen molar-refractivity contribution in [3.8, 4) is 0 Å². The molecular formula is C39H64N7O6+. The highest BCUT2D eigenvalue weighted by atomic mass is 16.5. The van der Waals surface area contributed by atoms with Crippen LogP contribution in [0.15, 0.2) is 54.9 Å². The second-order valence-corrected chi connectivity index (χ2v) is 14.0.